The van der Waals surface area contributed by atoms with E-state index in [4.69, 9.17) is 44.5 Å². The minimum Gasteiger partial charge on any atom is -0.398 e. The molecule has 2 aliphatic carbocycles. The average Bonchev–Trinajstić information content (AvgIpc) is 1.51. The largest absolute Gasteiger partial charge is 0.398 e. The van der Waals surface area contributed by atoms with Gasteiger partial charge in [0, 0.05) is 167 Å². The van der Waals surface area contributed by atoms with E-state index in [-0.39, 0.29) is 76.8 Å². The Labute approximate surface area is 853 Å². The molecule has 0 spiro atoms. The summed E-state index contributed by atoms with van der Waals surface area (Å²) < 4.78 is 38.4. The van der Waals surface area contributed by atoms with Crippen molar-refractivity contribution in [2.75, 3.05) is 55.3 Å². The van der Waals surface area contributed by atoms with Gasteiger partial charge < -0.3 is 55.3 Å². The molecule has 15 N–H and O–H groups in total. The molecule has 10 aromatic carbocycles. The SMILES string of the molecule is Cc1ccccc1-c1cc(N)c2cnc(Nc3ccn([C@@H](C)C#N)n3)cc2c1.Cc1ccccc1-c1cc(N)c2cnc(Nc3ccn([C@H](C)C#N)n3)cc2c1.Cc1ccccc1-c1cc(N)c2cnc(Nc3cnn([C@@H](C)C#N)c3)cc2c1.Cc1ccccc1-c1cc2cc(NC(=O)[C@@H]3[C@@H](C)[C@H]3c3cnn(C)c3)ncc2c(N)c1F.Cc1ccccc1-c1cc2cc(NC(=O)[C@H]3[C@@H](C)[C@@H]3c3cnn(C)c3)ncc2c(N)c1F. The van der Waals surface area contributed by atoms with Crippen LogP contribution < -0.4 is 55.3 Å². The number of benzene rings is 10. The van der Waals surface area contributed by atoms with E-state index in [1.807, 2.05) is 186 Å². The Morgan fingerprint density at radius 2 is 0.662 bits per heavy atom. The zero-order valence-corrected chi connectivity index (χ0v) is 83.4. The van der Waals surface area contributed by atoms with E-state index in [0.717, 1.165) is 116 Å². The van der Waals surface area contributed by atoms with E-state index < -0.39 is 11.6 Å². The van der Waals surface area contributed by atoms with Crippen molar-refractivity contribution >= 4 is 141 Å². The van der Waals surface area contributed by atoms with Crippen LogP contribution in [-0.4, -0.2) is 85.6 Å². The van der Waals surface area contributed by atoms with Crippen LogP contribution in [0.5, 0.6) is 0 Å². The first-order valence-electron chi connectivity index (χ1n) is 48.2. The van der Waals surface area contributed by atoms with Crippen molar-refractivity contribution < 1.29 is 18.4 Å². The maximum Gasteiger partial charge on any atom is 0.229 e. The van der Waals surface area contributed by atoms with Crippen LogP contribution in [0.3, 0.4) is 0 Å². The molecule has 0 bridgehead atoms. The summed E-state index contributed by atoms with van der Waals surface area (Å²) in [5.74, 6) is 3.60. The van der Waals surface area contributed by atoms with Crippen molar-refractivity contribution in [1.29, 1.82) is 15.8 Å². The Morgan fingerprint density at radius 1 is 0.351 bits per heavy atom. The number of amides is 2. The highest BCUT2D eigenvalue weighted by Crippen LogP contribution is 2.56. The van der Waals surface area contributed by atoms with E-state index in [1.54, 1.807) is 112 Å². The van der Waals surface area contributed by atoms with E-state index in [1.165, 1.54) is 29.1 Å². The highest BCUT2D eigenvalue weighted by molar-refractivity contribution is 6.05. The van der Waals surface area contributed by atoms with Gasteiger partial charge in [0.1, 0.15) is 47.2 Å². The number of carbonyl (C=O) groups excluding carboxylic acids is 2. The minimum absolute atomic E-state index is 0.0542. The van der Waals surface area contributed by atoms with Crippen LogP contribution >= 0.6 is 0 Å². The quantitative estimate of drug-likeness (QED) is 0.0317. The van der Waals surface area contributed by atoms with Crippen LogP contribution in [0.15, 0.2) is 293 Å². The first kappa shape index (κ1) is 99.1. The van der Waals surface area contributed by atoms with Gasteiger partial charge in [-0.2, -0.15) is 41.3 Å². The predicted molar refractivity (Wildman–Crippen MR) is 584 cm³/mol. The molecule has 20 aromatic rings. The molecule has 0 radical (unpaired) electrons. The first-order chi connectivity index (χ1) is 71.3. The lowest BCUT2D eigenvalue weighted by atomic mass is 9.96. The topological polar surface area (TPSA) is 449 Å². The second-order valence-electron chi connectivity index (χ2n) is 37.6. The van der Waals surface area contributed by atoms with E-state index in [0.29, 0.717) is 79.7 Å². The van der Waals surface area contributed by atoms with Crippen LogP contribution in [0, 0.1) is 104 Å². The third-order valence-corrected chi connectivity index (χ3v) is 27.3. The van der Waals surface area contributed by atoms with Crippen molar-refractivity contribution in [3.8, 4) is 73.8 Å². The summed E-state index contributed by atoms with van der Waals surface area (Å²) >= 11 is 0. The van der Waals surface area contributed by atoms with Gasteiger partial charge in [-0.25, -0.2) is 33.7 Å². The molecule has 0 aliphatic heterocycles. The first-order valence-corrected chi connectivity index (χ1v) is 48.2. The second-order valence-corrected chi connectivity index (χ2v) is 37.6. The van der Waals surface area contributed by atoms with Crippen molar-refractivity contribution in [1.82, 2.24) is 73.8 Å². The van der Waals surface area contributed by atoms with Gasteiger partial charge in [0.25, 0.3) is 0 Å². The van der Waals surface area contributed by atoms with Gasteiger partial charge >= 0.3 is 0 Å². The number of carbonyl (C=O) groups is 2. The number of nitrogens with zero attached hydrogens (tertiary/aromatic N) is 18. The fourth-order valence-corrected chi connectivity index (χ4v) is 18.9. The van der Waals surface area contributed by atoms with Crippen molar-refractivity contribution in [2.45, 2.75) is 99.2 Å². The number of nitrogen functional groups attached to an aromatic ring is 5. The second kappa shape index (κ2) is 42.3. The number of hydrogen-bond donors (Lipinski definition) is 10. The molecule has 738 valence electrons. The lowest BCUT2D eigenvalue weighted by Crippen LogP contribution is -2.16. The summed E-state index contributed by atoms with van der Waals surface area (Å²) in [6, 6.07) is 74.3. The standard InChI is InChI=1S/2C25H24FN5O.3C22H20N6/c2*1-13-6-4-5-7-17(13)18-8-15-9-20(28-11-19(15)24(27)23(18)26)30-25(32)22-14(2)21(22)16-10-29-31(3)12-16;1-14-5-3-4-6-19(14)16-7-17-9-22(25-12-20(17)21(24)8-16)27-18-11-26-28(13-18)15(2)10-23;2*1-14-5-3-4-6-18(14)16-9-17-11-22(25-13-19(17)20(24)10-16)26-21-7-8-28(27-21)15(2)12-23/h2*4-12,14,21-22H,27H2,1-3H3,(H,28,30,32);3-9,11-13,15H,24H2,1-2H3,(H,25,27);2*3-11,13,15H,24H2,1-2H3,(H,25,26,27)/t14-,21+,22-;14-,21-,22+;3*15-/m00010/s1. The Kier molecular flexibility index (Phi) is 28.3. The summed E-state index contributed by atoms with van der Waals surface area (Å²) in [5, 5.41) is 72.1. The third kappa shape index (κ3) is 21.2. The molecule has 30 nitrogen and oxygen atoms in total. The van der Waals surface area contributed by atoms with Gasteiger partial charge in [-0.1, -0.05) is 135 Å². The third-order valence-electron chi connectivity index (χ3n) is 27.3. The normalized spacial score (nSPS) is 15.3. The van der Waals surface area contributed by atoms with Crippen molar-refractivity contribution in [2.24, 2.45) is 37.8 Å². The molecule has 9 atom stereocenters. The number of pyridine rings is 5. The highest BCUT2D eigenvalue weighted by Gasteiger charge is 2.54. The van der Waals surface area contributed by atoms with Crippen LogP contribution in [0.1, 0.15) is 104 Å². The molecule has 10 aromatic heterocycles. The number of fused-ring (bicyclic) bond motifs is 5. The fraction of sp³-hybridized carbons (Fsp3) is 0.181. The van der Waals surface area contributed by atoms with E-state index in [9.17, 15) is 9.59 Å². The van der Waals surface area contributed by atoms with Crippen LogP contribution in [0.2, 0.25) is 0 Å². The molecule has 2 saturated carbocycles. The Balaban J connectivity index is 0.000000121. The van der Waals surface area contributed by atoms with E-state index >= 15 is 8.78 Å². The number of nitriles is 3. The predicted octanol–water partition coefficient (Wildman–Crippen LogP) is 23.8. The Morgan fingerprint density at radius 3 is 1.00 bits per heavy atom. The number of aromatic nitrogens is 15. The van der Waals surface area contributed by atoms with Gasteiger partial charge in [-0.15, -0.1) is 0 Å². The highest BCUT2D eigenvalue weighted by atomic mass is 19.1. The molecule has 0 saturated heterocycles. The van der Waals surface area contributed by atoms with E-state index in [2.05, 4.69) is 184 Å². The molecule has 2 amide bonds. The van der Waals surface area contributed by atoms with Gasteiger partial charge in [0.2, 0.25) is 11.8 Å². The molecule has 32 heteroatoms. The zero-order chi connectivity index (χ0) is 104. The number of hydrogen-bond acceptors (Lipinski definition) is 23. The Bertz CT molecular complexity index is 7970. The maximum atomic E-state index is 15.0. The number of halogens is 2. The fourth-order valence-electron chi connectivity index (χ4n) is 18.9. The van der Waals surface area contributed by atoms with Gasteiger partial charge in [0.05, 0.1) is 53.9 Å². The number of nitrogens with one attached hydrogen (secondary N) is 5. The number of aryl methyl sites for hydroxylation is 7. The van der Waals surface area contributed by atoms with Crippen LogP contribution in [0.4, 0.5) is 83.6 Å². The van der Waals surface area contributed by atoms with Crippen LogP contribution in [0.25, 0.3) is 109 Å². The van der Waals surface area contributed by atoms with Crippen LogP contribution in [-0.2, 0) is 23.7 Å². The van der Waals surface area contributed by atoms with Crippen molar-refractivity contribution in [3.63, 3.8) is 0 Å². The summed E-state index contributed by atoms with van der Waals surface area (Å²) in [6.45, 7) is 19.6. The molecule has 148 heavy (non-hydrogen) atoms. The molecule has 0 unspecified atom stereocenters. The molecule has 2 aliphatic rings. The molecule has 10 heterocycles. The lowest BCUT2D eigenvalue weighted by Gasteiger charge is -2.13. The van der Waals surface area contributed by atoms with Crippen molar-refractivity contribution in [3.05, 3.63) is 343 Å². The molecule has 2 fully saturated rings. The molecule has 22 rings (SSSR count). The Hall–Kier alpha value is -19.0. The van der Waals surface area contributed by atoms with Gasteiger partial charge in [0.15, 0.2) is 23.3 Å². The average molecular weight is 1960 g/mol. The van der Waals surface area contributed by atoms with Gasteiger partial charge in [-0.05, 0) is 256 Å². The smallest absolute Gasteiger partial charge is 0.229 e. The lowest BCUT2D eigenvalue weighted by molar-refractivity contribution is -0.118. The summed E-state index contributed by atoms with van der Waals surface area (Å²) in [6.07, 6.45) is 22.9. The molecular formula is C116H108F2N28O2. The monoisotopic (exact) mass is 1960 g/mol. The summed E-state index contributed by atoms with van der Waals surface area (Å²) in [5.41, 5.74) is 50.9. The minimum atomic E-state index is -0.462. The maximum absolute atomic E-state index is 15.0. The summed E-state index contributed by atoms with van der Waals surface area (Å²) in [7, 11) is 3.73. The number of anilines is 13. The number of rotatable bonds is 20. The zero-order valence-electron chi connectivity index (χ0n) is 83.4. The summed E-state index contributed by atoms with van der Waals surface area (Å²) in [4.78, 5) is 47.8. The number of nitrogens with two attached hydrogens (primary N) is 5. The molecular weight excluding hydrogens is 1860 g/mol. The van der Waals surface area contributed by atoms with Gasteiger partial charge in [-0.3, -0.25) is 33.0 Å².